The summed E-state index contributed by atoms with van der Waals surface area (Å²) in [6.45, 7) is 8.78. The van der Waals surface area contributed by atoms with Crippen molar-refractivity contribution in [3.8, 4) is 11.3 Å². The van der Waals surface area contributed by atoms with E-state index in [0.717, 1.165) is 24.8 Å². The van der Waals surface area contributed by atoms with Crippen molar-refractivity contribution in [2.24, 2.45) is 0 Å². The zero-order chi connectivity index (χ0) is 21.5. The molecule has 1 aromatic heterocycles. The summed E-state index contributed by atoms with van der Waals surface area (Å²) in [7, 11) is 0. The molecule has 0 saturated carbocycles. The maximum Gasteiger partial charge on any atom is 0.257 e. The molecule has 0 saturated heterocycles. The molecule has 3 rings (SSSR count). The van der Waals surface area contributed by atoms with Crippen LogP contribution in [0.1, 0.15) is 59.5 Å². The van der Waals surface area contributed by atoms with Crippen LogP contribution < -0.4 is 5.32 Å². The molecule has 0 aliphatic heterocycles. The van der Waals surface area contributed by atoms with Crippen LogP contribution >= 0.6 is 0 Å². The fraction of sp³-hybridized carbons (Fsp3) is 0.308. The Morgan fingerprint density at radius 2 is 1.87 bits per heavy atom. The van der Waals surface area contributed by atoms with Gasteiger partial charge in [-0.15, -0.1) is 0 Å². The fourth-order valence-electron chi connectivity index (χ4n) is 3.66. The van der Waals surface area contributed by atoms with Gasteiger partial charge >= 0.3 is 0 Å². The molecule has 0 fully saturated rings. The van der Waals surface area contributed by atoms with Gasteiger partial charge in [-0.2, -0.15) is 0 Å². The van der Waals surface area contributed by atoms with Gasteiger partial charge in [0.2, 0.25) is 0 Å². The molecular formula is C26H30N2O2. The Labute approximate surface area is 179 Å². The van der Waals surface area contributed by atoms with Crippen LogP contribution in [0.15, 0.2) is 59.1 Å². The monoisotopic (exact) mass is 402 g/mol. The molecule has 0 spiro atoms. The Hall–Kier alpha value is -3.14. The van der Waals surface area contributed by atoms with Gasteiger partial charge in [-0.05, 0) is 55.4 Å². The number of carbonyl (C=O) groups excluding carboxylic acids is 1. The van der Waals surface area contributed by atoms with Crippen LogP contribution in [0.3, 0.4) is 0 Å². The highest BCUT2D eigenvalue weighted by atomic mass is 16.5. The Balaban J connectivity index is 1.74. The number of nitrogens with one attached hydrogen (secondary N) is 1. The van der Waals surface area contributed by atoms with E-state index in [4.69, 9.17) is 4.52 Å². The van der Waals surface area contributed by atoms with Crippen molar-refractivity contribution in [2.75, 3.05) is 6.54 Å². The molecule has 1 amide bonds. The Morgan fingerprint density at radius 3 is 2.57 bits per heavy atom. The number of rotatable bonds is 8. The van der Waals surface area contributed by atoms with Crippen LogP contribution in [0.4, 0.5) is 0 Å². The highest BCUT2D eigenvalue weighted by Gasteiger charge is 2.21. The molecule has 2 aromatic carbocycles. The second-order valence-corrected chi connectivity index (χ2v) is 7.47. The van der Waals surface area contributed by atoms with Crippen LogP contribution in [-0.4, -0.2) is 17.6 Å². The number of carbonyl (C=O) groups is 1. The Bertz CT molecular complexity index is 1030. The normalized spacial score (nSPS) is 11.5. The van der Waals surface area contributed by atoms with Crippen LogP contribution in [-0.2, 0) is 6.42 Å². The second-order valence-electron chi connectivity index (χ2n) is 7.47. The second kappa shape index (κ2) is 10.1. The van der Waals surface area contributed by atoms with E-state index in [0.29, 0.717) is 23.6 Å². The van der Waals surface area contributed by atoms with E-state index in [1.54, 1.807) is 6.92 Å². The molecule has 0 aliphatic carbocycles. The van der Waals surface area contributed by atoms with Gasteiger partial charge in [0, 0.05) is 12.1 Å². The lowest BCUT2D eigenvalue weighted by atomic mass is 9.94. The molecule has 3 aromatic rings. The number of hydrogen-bond acceptors (Lipinski definition) is 3. The van der Waals surface area contributed by atoms with Gasteiger partial charge in [-0.25, -0.2) is 0 Å². The predicted octanol–water partition coefficient (Wildman–Crippen LogP) is 6.13. The summed E-state index contributed by atoms with van der Waals surface area (Å²) in [6, 6.07) is 16.3. The van der Waals surface area contributed by atoms with Crippen LogP contribution in [0.5, 0.6) is 0 Å². The van der Waals surface area contributed by atoms with Gasteiger partial charge in [0.25, 0.3) is 5.91 Å². The number of benzene rings is 2. The summed E-state index contributed by atoms with van der Waals surface area (Å²) in [5.41, 5.74) is 7.10. The molecule has 0 radical (unpaired) electrons. The van der Waals surface area contributed by atoms with Crippen LogP contribution in [0, 0.1) is 13.8 Å². The highest BCUT2D eigenvalue weighted by molar-refractivity contribution is 6.00. The molecular weight excluding hydrogens is 372 g/mol. The minimum atomic E-state index is -0.150. The van der Waals surface area contributed by atoms with Gasteiger partial charge < -0.3 is 9.84 Å². The van der Waals surface area contributed by atoms with E-state index in [2.05, 4.69) is 55.5 Å². The molecule has 4 nitrogen and oxygen atoms in total. The quantitative estimate of drug-likeness (QED) is 0.493. The van der Waals surface area contributed by atoms with Crippen molar-refractivity contribution >= 4 is 11.5 Å². The van der Waals surface area contributed by atoms with Gasteiger partial charge in [0.05, 0.1) is 0 Å². The molecule has 156 valence electrons. The van der Waals surface area contributed by atoms with E-state index in [1.807, 2.05) is 30.3 Å². The first-order valence-corrected chi connectivity index (χ1v) is 10.6. The lowest BCUT2D eigenvalue weighted by Gasteiger charge is -2.14. The first-order valence-electron chi connectivity index (χ1n) is 10.6. The molecule has 0 bridgehead atoms. The zero-order valence-corrected chi connectivity index (χ0v) is 18.3. The van der Waals surface area contributed by atoms with Crippen molar-refractivity contribution in [1.29, 1.82) is 0 Å². The summed E-state index contributed by atoms with van der Waals surface area (Å²) in [5.74, 6) is 0.379. The van der Waals surface area contributed by atoms with Crippen molar-refractivity contribution < 1.29 is 9.32 Å². The topological polar surface area (TPSA) is 55.1 Å². The number of amides is 1. The number of aryl methyl sites for hydroxylation is 3. The maximum absolute atomic E-state index is 12.9. The minimum Gasteiger partial charge on any atom is -0.360 e. The van der Waals surface area contributed by atoms with E-state index >= 15 is 0 Å². The number of aromatic nitrogens is 1. The van der Waals surface area contributed by atoms with E-state index in [1.165, 1.54) is 22.3 Å². The van der Waals surface area contributed by atoms with Gasteiger partial charge in [-0.1, -0.05) is 73.6 Å². The van der Waals surface area contributed by atoms with E-state index in [9.17, 15) is 4.79 Å². The predicted molar refractivity (Wildman–Crippen MR) is 122 cm³/mol. The summed E-state index contributed by atoms with van der Waals surface area (Å²) < 4.78 is 5.33. The molecule has 0 atom stereocenters. The number of hydrogen-bond donors (Lipinski definition) is 1. The Morgan fingerprint density at radius 1 is 1.10 bits per heavy atom. The summed E-state index contributed by atoms with van der Waals surface area (Å²) in [5, 5.41) is 7.17. The summed E-state index contributed by atoms with van der Waals surface area (Å²) >= 11 is 0. The summed E-state index contributed by atoms with van der Waals surface area (Å²) in [6.07, 6.45) is 5.01. The number of allylic oxidation sites excluding steroid dienone is 1. The van der Waals surface area contributed by atoms with E-state index < -0.39 is 0 Å². The van der Waals surface area contributed by atoms with Crippen molar-refractivity contribution in [1.82, 2.24) is 10.5 Å². The lowest BCUT2D eigenvalue weighted by molar-refractivity contribution is 0.0953. The van der Waals surface area contributed by atoms with E-state index in [-0.39, 0.29) is 5.91 Å². The summed E-state index contributed by atoms with van der Waals surface area (Å²) in [4.78, 5) is 12.9. The first-order chi connectivity index (χ1) is 14.5. The SMILES string of the molecule is CCC=C(CCNC(=O)c1c(-c2ccccc2)noc1C)c1cc(CC)ccc1C. The molecule has 1 N–H and O–H groups in total. The van der Waals surface area contributed by atoms with Crippen molar-refractivity contribution in [3.63, 3.8) is 0 Å². The highest BCUT2D eigenvalue weighted by Crippen LogP contribution is 2.26. The minimum absolute atomic E-state index is 0.150. The third-order valence-electron chi connectivity index (χ3n) is 5.32. The van der Waals surface area contributed by atoms with Gasteiger partial charge in [0.1, 0.15) is 17.0 Å². The van der Waals surface area contributed by atoms with Gasteiger partial charge in [0.15, 0.2) is 0 Å². The molecule has 0 aliphatic rings. The van der Waals surface area contributed by atoms with Gasteiger partial charge in [-0.3, -0.25) is 4.79 Å². The number of nitrogens with zero attached hydrogens (tertiary/aromatic N) is 1. The lowest BCUT2D eigenvalue weighted by Crippen LogP contribution is -2.25. The van der Waals surface area contributed by atoms with Crippen molar-refractivity contribution in [2.45, 2.75) is 47.0 Å². The van der Waals surface area contributed by atoms with Crippen LogP contribution in [0.2, 0.25) is 0 Å². The maximum atomic E-state index is 12.9. The Kier molecular flexibility index (Phi) is 7.23. The third kappa shape index (κ3) is 4.88. The third-order valence-corrected chi connectivity index (χ3v) is 5.32. The molecule has 30 heavy (non-hydrogen) atoms. The smallest absolute Gasteiger partial charge is 0.257 e. The first kappa shape index (κ1) is 21.6. The van der Waals surface area contributed by atoms with Crippen molar-refractivity contribution in [3.05, 3.63) is 82.6 Å². The largest absolute Gasteiger partial charge is 0.360 e. The molecule has 1 heterocycles. The molecule has 0 unspecified atom stereocenters. The standard InChI is InChI=1S/C26H30N2O2/c1-5-10-21(23-17-20(6-2)14-13-18(23)3)15-16-27-26(29)24-19(4)30-28-25(24)22-11-8-7-9-12-22/h7-14,17H,5-6,15-16H2,1-4H3,(H,27,29). The average Bonchev–Trinajstić information content (AvgIpc) is 3.15. The molecule has 4 heteroatoms. The zero-order valence-electron chi connectivity index (χ0n) is 18.3. The average molecular weight is 403 g/mol. The fourth-order valence-corrected chi connectivity index (χ4v) is 3.66. The van der Waals surface area contributed by atoms with Crippen LogP contribution in [0.25, 0.3) is 16.8 Å².